The number of aliphatic hydroxyl groups is 3. The number of rotatable bonds is 5. The van der Waals surface area contributed by atoms with E-state index in [0.29, 0.717) is 5.56 Å². The number of hydrogen-bond donors (Lipinski definition) is 4. The molecule has 38 heavy (non-hydrogen) atoms. The fourth-order valence-electron chi connectivity index (χ4n) is 7.41. The smallest absolute Gasteiger partial charge is 0.335 e. The van der Waals surface area contributed by atoms with E-state index in [0.717, 1.165) is 44.9 Å². The Balaban J connectivity index is 1.35. The number of aliphatic carboxylic acids is 1. The molecule has 1 spiro atoms. The summed E-state index contributed by atoms with van der Waals surface area (Å²) in [7, 11) is 1.59. The first kappa shape index (κ1) is 26.5. The van der Waals surface area contributed by atoms with Crippen LogP contribution in [0.25, 0.3) is 0 Å². The lowest BCUT2D eigenvalue weighted by atomic mass is 9.53. The molecule has 0 aromatic heterocycles. The average Bonchev–Trinajstić information content (AvgIpc) is 2.90. The van der Waals surface area contributed by atoms with Gasteiger partial charge in [0.05, 0.1) is 5.02 Å². The van der Waals surface area contributed by atoms with Crippen LogP contribution in [-0.4, -0.2) is 69.8 Å². The number of carboxylic acid groups (broad SMARTS) is 1. The Hall–Kier alpha value is -1.76. The highest BCUT2D eigenvalue weighted by Crippen LogP contribution is 2.67. The zero-order valence-corrected chi connectivity index (χ0v) is 21.8. The number of methoxy groups -OCH3 is 1. The van der Waals surface area contributed by atoms with Crippen LogP contribution in [0.5, 0.6) is 5.75 Å². The van der Waals surface area contributed by atoms with Crippen LogP contribution in [0.1, 0.15) is 56.9 Å². The number of halogens is 1. The van der Waals surface area contributed by atoms with Gasteiger partial charge in [-0.15, -0.1) is 0 Å². The summed E-state index contributed by atoms with van der Waals surface area (Å²) >= 11 is 6.44. The van der Waals surface area contributed by atoms with Gasteiger partial charge in [-0.25, -0.2) is 9.68 Å². The maximum Gasteiger partial charge on any atom is 0.335 e. The first-order valence-electron chi connectivity index (χ1n) is 13.3. The van der Waals surface area contributed by atoms with Crippen molar-refractivity contribution < 1.29 is 49.2 Å². The normalized spacial score (nSPS) is 42.4. The topological polar surface area (TPSA) is 144 Å². The van der Waals surface area contributed by atoms with Crippen LogP contribution >= 0.6 is 11.6 Å². The van der Waals surface area contributed by atoms with Gasteiger partial charge in [0.2, 0.25) is 6.29 Å². The summed E-state index contributed by atoms with van der Waals surface area (Å²) in [6.07, 6.45) is -0.108. The number of carboxylic acids is 1. The Labute approximate surface area is 225 Å². The highest BCUT2D eigenvalue weighted by molar-refractivity contribution is 6.32. The Kier molecular flexibility index (Phi) is 6.76. The summed E-state index contributed by atoms with van der Waals surface area (Å²) in [6, 6.07) is 4.99. The van der Waals surface area contributed by atoms with Crippen LogP contribution in [0.4, 0.5) is 0 Å². The van der Waals surface area contributed by atoms with Gasteiger partial charge < -0.3 is 34.6 Å². The molecule has 4 N–H and O–H groups in total. The molecule has 1 aromatic carbocycles. The maximum atomic E-state index is 11.5. The van der Waals surface area contributed by atoms with E-state index in [1.54, 1.807) is 30.9 Å². The van der Waals surface area contributed by atoms with E-state index < -0.39 is 48.1 Å². The number of aliphatic hydroxyl groups excluding tert-OH is 3. The molecule has 1 aromatic rings. The molecule has 6 unspecified atom stereocenters. The molecule has 0 radical (unpaired) electrons. The van der Waals surface area contributed by atoms with Gasteiger partial charge in [0, 0.05) is 24.5 Å². The second-order valence-corrected chi connectivity index (χ2v) is 11.4. The lowest BCUT2D eigenvalue weighted by Gasteiger charge is -2.65. The third-order valence-corrected chi connectivity index (χ3v) is 9.49. The molecule has 9 atom stereocenters. The van der Waals surface area contributed by atoms with Gasteiger partial charge in [0.15, 0.2) is 11.7 Å². The molecule has 6 rings (SSSR count). The predicted octanol–water partition coefficient (Wildman–Crippen LogP) is 2.80. The van der Waals surface area contributed by atoms with Gasteiger partial charge in [-0.3, -0.25) is 0 Å². The second kappa shape index (κ2) is 9.71. The van der Waals surface area contributed by atoms with Gasteiger partial charge in [0.25, 0.3) is 5.79 Å². The van der Waals surface area contributed by atoms with Gasteiger partial charge in [-0.05, 0) is 57.1 Å². The number of ether oxygens (including phenoxy) is 3. The Morgan fingerprint density at radius 1 is 1.05 bits per heavy atom. The molecule has 10 nitrogen and oxygen atoms in total. The molecule has 5 aliphatic rings. The Morgan fingerprint density at radius 3 is 2.55 bits per heavy atom. The third kappa shape index (κ3) is 3.69. The lowest BCUT2D eigenvalue weighted by Crippen LogP contribution is -2.74. The molecule has 0 amide bonds. The van der Waals surface area contributed by atoms with Gasteiger partial charge >= 0.3 is 5.97 Å². The maximum absolute atomic E-state index is 11.5. The van der Waals surface area contributed by atoms with Crippen LogP contribution in [0.3, 0.4) is 0 Å². The monoisotopic (exact) mass is 552 g/mol. The number of allylic oxidation sites excluding steroid dienone is 1. The van der Waals surface area contributed by atoms with E-state index in [-0.39, 0.29) is 22.6 Å². The predicted molar refractivity (Wildman–Crippen MR) is 131 cm³/mol. The molecular formula is C27H33ClO10. The first-order chi connectivity index (χ1) is 18.2. The SMILES string of the molecule is COC1(c2ccc(Cl)c(OC3OC(C(=O)O)[C@@H](O)[C@H](O)[C@@H]3O)c2)OOC12C1CCCC2C2=C(CCCC2)C1. The number of carbonyl (C=O) groups is 1. The van der Waals surface area contributed by atoms with Crippen molar-refractivity contribution in [1.82, 2.24) is 0 Å². The van der Waals surface area contributed by atoms with Crippen molar-refractivity contribution in [1.29, 1.82) is 0 Å². The van der Waals surface area contributed by atoms with Crippen LogP contribution < -0.4 is 4.74 Å². The lowest BCUT2D eigenvalue weighted by molar-refractivity contribution is -0.639. The van der Waals surface area contributed by atoms with Crippen molar-refractivity contribution in [3.8, 4) is 5.75 Å². The molecule has 2 bridgehead atoms. The summed E-state index contributed by atoms with van der Waals surface area (Å²) in [5.74, 6) is -2.29. The summed E-state index contributed by atoms with van der Waals surface area (Å²) in [5, 5.41) is 40.2. The molecule has 1 saturated carbocycles. The number of benzene rings is 1. The van der Waals surface area contributed by atoms with Gasteiger partial charge in [0.1, 0.15) is 24.1 Å². The van der Waals surface area contributed by atoms with E-state index in [4.69, 9.17) is 35.6 Å². The van der Waals surface area contributed by atoms with Crippen LogP contribution in [0.15, 0.2) is 29.3 Å². The largest absolute Gasteiger partial charge is 0.479 e. The van der Waals surface area contributed by atoms with E-state index in [1.807, 2.05) is 0 Å². The quantitative estimate of drug-likeness (QED) is 0.318. The highest BCUT2D eigenvalue weighted by Gasteiger charge is 2.75. The summed E-state index contributed by atoms with van der Waals surface area (Å²) in [5.41, 5.74) is 2.93. The van der Waals surface area contributed by atoms with Crippen molar-refractivity contribution in [3.63, 3.8) is 0 Å². The zero-order valence-electron chi connectivity index (χ0n) is 21.0. The van der Waals surface area contributed by atoms with E-state index in [2.05, 4.69) is 0 Å². The third-order valence-electron chi connectivity index (χ3n) is 9.18. The fraction of sp³-hybridized carbons (Fsp3) is 0.667. The van der Waals surface area contributed by atoms with Crippen LogP contribution in [0.2, 0.25) is 5.02 Å². The minimum Gasteiger partial charge on any atom is -0.479 e. The molecule has 208 valence electrons. The second-order valence-electron chi connectivity index (χ2n) is 11.0. The van der Waals surface area contributed by atoms with Crippen molar-refractivity contribution in [3.05, 3.63) is 39.9 Å². The van der Waals surface area contributed by atoms with Crippen molar-refractivity contribution in [2.45, 2.75) is 93.5 Å². The molecular weight excluding hydrogens is 520 g/mol. The molecule has 2 heterocycles. The summed E-state index contributed by atoms with van der Waals surface area (Å²) < 4.78 is 17.2. The zero-order chi connectivity index (χ0) is 26.8. The molecule has 2 aliphatic heterocycles. The number of hydrogen-bond acceptors (Lipinski definition) is 9. The minimum atomic E-state index is -1.83. The first-order valence-corrected chi connectivity index (χ1v) is 13.6. The Bertz CT molecular complexity index is 1140. The van der Waals surface area contributed by atoms with Crippen LogP contribution in [0, 0.1) is 11.8 Å². The standard InChI is InChI=1S/C27H33ClO10/c1-34-27(26(37-38-27)14-6-4-8-17(26)16-7-3-2-5-13(16)11-14)15-9-10-18(28)19(12-15)35-25-22(31)20(29)21(30)23(36-25)24(32)33/h9-10,12,14,17,20-23,25,29-31H,2-8,11H2,1H3,(H,32,33)/t14?,17?,20-,21-,22-,23?,25?,26?,27?/m0/s1. The van der Waals surface area contributed by atoms with E-state index in [9.17, 15) is 25.2 Å². The summed E-state index contributed by atoms with van der Waals surface area (Å²) in [6.45, 7) is 0. The van der Waals surface area contributed by atoms with Crippen molar-refractivity contribution in [2.75, 3.05) is 7.11 Å². The fourth-order valence-corrected chi connectivity index (χ4v) is 7.57. The molecule has 3 aliphatic carbocycles. The Morgan fingerprint density at radius 2 is 1.84 bits per heavy atom. The summed E-state index contributed by atoms with van der Waals surface area (Å²) in [4.78, 5) is 23.5. The number of fused-ring (bicyclic) bond motifs is 1. The molecule has 11 heteroatoms. The highest BCUT2D eigenvalue weighted by atomic mass is 35.5. The van der Waals surface area contributed by atoms with E-state index in [1.165, 1.54) is 12.0 Å². The van der Waals surface area contributed by atoms with E-state index >= 15 is 0 Å². The minimum absolute atomic E-state index is 0.0709. The van der Waals surface area contributed by atoms with Crippen molar-refractivity contribution in [2.24, 2.45) is 11.8 Å². The molecule has 2 saturated heterocycles. The average molecular weight is 553 g/mol. The van der Waals surface area contributed by atoms with Gasteiger partial charge in [-0.1, -0.05) is 35.2 Å². The van der Waals surface area contributed by atoms with Crippen molar-refractivity contribution >= 4 is 17.6 Å². The van der Waals surface area contributed by atoms with Gasteiger partial charge in [-0.2, -0.15) is 4.89 Å². The van der Waals surface area contributed by atoms with Crippen LogP contribution in [-0.2, 0) is 29.8 Å². The molecule has 3 fully saturated rings.